The molecular formula is C10H12N2O4S2. The first-order valence-corrected chi connectivity index (χ1v) is 7.39. The number of nitrogens with zero attached hydrogens (tertiary/aromatic N) is 2. The summed E-state index contributed by atoms with van der Waals surface area (Å²) in [7, 11) is -3.83. The Labute approximate surface area is 109 Å². The second-order valence-corrected chi connectivity index (χ2v) is 6.71. The van der Waals surface area contributed by atoms with E-state index in [1.807, 2.05) is 6.07 Å². The van der Waals surface area contributed by atoms with Gasteiger partial charge in [-0.2, -0.15) is 9.57 Å². The molecule has 0 aromatic carbocycles. The van der Waals surface area contributed by atoms with E-state index in [0.717, 1.165) is 15.6 Å². The molecule has 98 valence electrons. The zero-order chi connectivity index (χ0) is 13.8. The summed E-state index contributed by atoms with van der Waals surface area (Å²) in [6.07, 6.45) is 0.517. The molecule has 1 aromatic rings. The number of thiophene rings is 1. The Balaban J connectivity index is 3.08. The Morgan fingerprint density at radius 2 is 2.22 bits per heavy atom. The third-order valence-corrected chi connectivity index (χ3v) is 5.37. The molecule has 6 nitrogen and oxygen atoms in total. The van der Waals surface area contributed by atoms with Crippen molar-refractivity contribution in [2.45, 2.75) is 17.6 Å². The van der Waals surface area contributed by atoms with Crippen molar-refractivity contribution < 1.29 is 18.3 Å². The summed E-state index contributed by atoms with van der Waals surface area (Å²) < 4.78 is 25.2. The van der Waals surface area contributed by atoms with Crippen LogP contribution >= 0.6 is 11.3 Å². The number of rotatable bonds is 6. The van der Waals surface area contributed by atoms with Gasteiger partial charge in [0.2, 0.25) is 0 Å². The number of carboxylic acids is 1. The highest BCUT2D eigenvalue weighted by molar-refractivity contribution is 7.91. The summed E-state index contributed by atoms with van der Waals surface area (Å²) in [5.74, 6) is -1.20. The lowest BCUT2D eigenvalue weighted by atomic mass is 10.5. The van der Waals surface area contributed by atoms with Gasteiger partial charge in [-0.3, -0.25) is 4.79 Å². The second kappa shape index (κ2) is 5.95. The van der Waals surface area contributed by atoms with Crippen LogP contribution in [0.3, 0.4) is 0 Å². The summed E-state index contributed by atoms with van der Waals surface area (Å²) in [5.41, 5.74) is 0. The van der Waals surface area contributed by atoms with Crippen molar-refractivity contribution in [3.8, 4) is 6.07 Å². The summed E-state index contributed by atoms with van der Waals surface area (Å²) in [5, 5.41) is 17.4. The van der Waals surface area contributed by atoms with Crippen LogP contribution in [-0.4, -0.2) is 36.9 Å². The van der Waals surface area contributed by atoms with Gasteiger partial charge in [-0.1, -0.05) is 6.92 Å². The summed E-state index contributed by atoms with van der Waals surface area (Å²) in [6.45, 7) is 1.32. The molecule has 0 spiro atoms. The van der Waals surface area contributed by atoms with Crippen molar-refractivity contribution in [2.24, 2.45) is 0 Å². The van der Waals surface area contributed by atoms with Gasteiger partial charge in [0.15, 0.2) is 0 Å². The lowest BCUT2D eigenvalue weighted by Gasteiger charge is -2.18. The first-order valence-electron chi connectivity index (χ1n) is 5.13. The minimum absolute atomic E-state index is 0.00579. The maximum atomic E-state index is 12.2. The Bertz CT molecular complexity index is 571. The van der Waals surface area contributed by atoms with E-state index in [2.05, 4.69) is 0 Å². The average molecular weight is 288 g/mol. The molecule has 1 rings (SSSR count). The quantitative estimate of drug-likeness (QED) is 0.845. The maximum absolute atomic E-state index is 12.2. The van der Waals surface area contributed by atoms with Crippen LogP contribution in [-0.2, 0) is 14.8 Å². The SMILES string of the molecule is CCCN(CC(=O)O)S(=O)(=O)c1ccc(C#N)s1. The third-order valence-electron chi connectivity index (χ3n) is 2.07. The number of nitriles is 1. The highest BCUT2D eigenvalue weighted by atomic mass is 32.2. The molecule has 0 radical (unpaired) electrons. The van der Waals surface area contributed by atoms with E-state index in [1.54, 1.807) is 6.92 Å². The number of sulfonamides is 1. The average Bonchev–Trinajstić information content (AvgIpc) is 2.77. The highest BCUT2D eigenvalue weighted by Crippen LogP contribution is 2.24. The van der Waals surface area contributed by atoms with Crippen LogP contribution in [0.1, 0.15) is 18.2 Å². The molecule has 8 heteroatoms. The van der Waals surface area contributed by atoms with E-state index in [9.17, 15) is 13.2 Å². The summed E-state index contributed by atoms with van der Waals surface area (Å²) in [4.78, 5) is 10.9. The molecule has 0 bridgehead atoms. The van der Waals surface area contributed by atoms with Crippen LogP contribution in [0.15, 0.2) is 16.3 Å². The van der Waals surface area contributed by atoms with E-state index in [1.165, 1.54) is 12.1 Å². The Kier molecular flexibility index (Phi) is 4.84. The van der Waals surface area contributed by atoms with Crippen molar-refractivity contribution in [1.82, 2.24) is 4.31 Å². The summed E-state index contributed by atoms with van der Waals surface area (Å²) >= 11 is 0.837. The fourth-order valence-electron chi connectivity index (χ4n) is 1.33. The molecule has 0 unspecified atom stereocenters. The molecular weight excluding hydrogens is 276 g/mol. The predicted octanol–water partition coefficient (Wildman–Crippen LogP) is 1.11. The van der Waals surface area contributed by atoms with Gasteiger partial charge in [-0.15, -0.1) is 11.3 Å². The summed E-state index contributed by atoms with van der Waals surface area (Å²) in [6, 6.07) is 4.58. The van der Waals surface area contributed by atoms with Crippen LogP contribution in [0.5, 0.6) is 0 Å². The number of hydrogen-bond acceptors (Lipinski definition) is 5. The molecule has 18 heavy (non-hydrogen) atoms. The van der Waals surface area contributed by atoms with Gasteiger partial charge in [0, 0.05) is 6.54 Å². The second-order valence-electron chi connectivity index (χ2n) is 3.46. The van der Waals surface area contributed by atoms with Gasteiger partial charge < -0.3 is 5.11 Å². The number of aliphatic carboxylic acids is 1. The van der Waals surface area contributed by atoms with Crippen LogP contribution < -0.4 is 0 Å². The highest BCUT2D eigenvalue weighted by Gasteiger charge is 2.27. The fraction of sp³-hybridized carbons (Fsp3) is 0.400. The van der Waals surface area contributed by atoms with Crippen molar-refractivity contribution in [3.05, 3.63) is 17.0 Å². The third kappa shape index (κ3) is 3.29. The minimum atomic E-state index is -3.83. The molecule has 0 atom stereocenters. The standard InChI is InChI=1S/C10H12N2O4S2/c1-2-5-12(7-9(13)14)18(15,16)10-4-3-8(6-11)17-10/h3-4H,2,5,7H2,1H3,(H,13,14). The van der Waals surface area contributed by atoms with Crippen LogP contribution in [0.4, 0.5) is 0 Å². The lowest BCUT2D eigenvalue weighted by molar-refractivity contribution is -0.137. The Morgan fingerprint density at radius 3 is 2.67 bits per heavy atom. The van der Waals surface area contributed by atoms with E-state index < -0.39 is 22.5 Å². The van der Waals surface area contributed by atoms with Gasteiger partial charge in [-0.25, -0.2) is 8.42 Å². The van der Waals surface area contributed by atoms with Gasteiger partial charge in [-0.05, 0) is 18.6 Å². The predicted molar refractivity (Wildman–Crippen MR) is 65.7 cm³/mol. The molecule has 0 aliphatic heterocycles. The first kappa shape index (κ1) is 14.6. The number of hydrogen-bond donors (Lipinski definition) is 1. The minimum Gasteiger partial charge on any atom is -0.480 e. The molecule has 0 aliphatic rings. The van der Waals surface area contributed by atoms with Crippen molar-refractivity contribution in [2.75, 3.05) is 13.1 Å². The van der Waals surface area contributed by atoms with Gasteiger partial charge >= 0.3 is 5.97 Å². The monoisotopic (exact) mass is 288 g/mol. The van der Waals surface area contributed by atoms with Crippen molar-refractivity contribution in [1.29, 1.82) is 5.26 Å². The Hall–Kier alpha value is -1.43. The van der Waals surface area contributed by atoms with E-state index >= 15 is 0 Å². The molecule has 0 saturated carbocycles. The molecule has 1 N–H and O–H groups in total. The zero-order valence-corrected chi connectivity index (χ0v) is 11.3. The first-order chi connectivity index (χ1) is 8.41. The molecule has 1 heterocycles. The van der Waals surface area contributed by atoms with Crippen LogP contribution in [0.2, 0.25) is 0 Å². The number of carbonyl (C=O) groups is 1. The molecule has 0 aliphatic carbocycles. The molecule has 0 saturated heterocycles. The molecule has 0 amide bonds. The largest absolute Gasteiger partial charge is 0.480 e. The topological polar surface area (TPSA) is 98.5 Å². The van der Waals surface area contributed by atoms with Gasteiger partial charge in [0.25, 0.3) is 10.0 Å². The maximum Gasteiger partial charge on any atom is 0.318 e. The van der Waals surface area contributed by atoms with Gasteiger partial charge in [0.1, 0.15) is 21.7 Å². The number of carboxylic acid groups (broad SMARTS) is 1. The molecule has 0 fully saturated rings. The molecule has 1 aromatic heterocycles. The fourth-order valence-corrected chi connectivity index (χ4v) is 4.07. The van der Waals surface area contributed by atoms with Crippen LogP contribution in [0.25, 0.3) is 0 Å². The van der Waals surface area contributed by atoms with E-state index in [-0.39, 0.29) is 15.6 Å². The normalized spacial score (nSPS) is 11.4. The van der Waals surface area contributed by atoms with Crippen molar-refractivity contribution >= 4 is 27.3 Å². The lowest BCUT2D eigenvalue weighted by Crippen LogP contribution is -2.35. The van der Waals surface area contributed by atoms with Crippen LogP contribution in [0, 0.1) is 11.3 Å². The Morgan fingerprint density at radius 1 is 1.56 bits per heavy atom. The zero-order valence-electron chi connectivity index (χ0n) is 9.66. The van der Waals surface area contributed by atoms with E-state index in [0.29, 0.717) is 6.42 Å². The smallest absolute Gasteiger partial charge is 0.318 e. The van der Waals surface area contributed by atoms with Crippen molar-refractivity contribution in [3.63, 3.8) is 0 Å². The van der Waals surface area contributed by atoms with E-state index in [4.69, 9.17) is 10.4 Å². The van der Waals surface area contributed by atoms with Gasteiger partial charge in [0.05, 0.1) is 0 Å².